The molecule has 0 amide bonds. The smallest absolute Gasteiger partial charge is 0.337 e. The molecule has 4 bridgehead atoms. The Morgan fingerprint density at radius 2 is 1.38 bits per heavy atom. The highest BCUT2D eigenvalue weighted by atomic mass is 19.1. The van der Waals surface area contributed by atoms with E-state index >= 15 is 0 Å². The molecule has 7 rings (SSSR count). The zero-order chi connectivity index (χ0) is 23.3. The lowest BCUT2D eigenvalue weighted by atomic mass is 9.48. The second-order valence-corrected chi connectivity index (χ2v) is 10.6. The van der Waals surface area contributed by atoms with Crippen LogP contribution in [-0.2, 0) is 5.41 Å². The standard InChI is InChI=1S/C29H29FN2O2/c30-22-12-24(14-25(13-22)32-27-4-2-1-3-26(27)28(33)34)31-23-7-5-21(6-8-23)29-15-18-9-19(16-29)11-20(10-18)17-29/h1-8,12-14,18-20,31-32H,9-11,15-17H2,(H,33,34). The van der Waals surface area contributed by atoms with Crippen molar-refractivity contribution < 1.29 is 14.3 Å². The van der Waals surface area contributed by atoms with Gasteiger partial charge >= 0.3 is 5.97 Å². The Morgan fingerprint density at radius 1 is 0.794 bits per heavy atom. The summed E-state index contributed by atoms with van der Waals surface area (Å²) < 4.78 is 14.4. The normalized spacial score (nSPS) is 26.9. The number of rotatable bonds is 6. The first-order valence-electron chi connectivity index (χ1n) is 12.2. The monoisotopic (exact) mass is 456 g/mol. The number of benzene rings is 3. The minimum Gasteiger partial charge on any atom is -0.478 e. The lowest BCUT2D eigenvalue weighted by molar-refractivity contribution is -0.00518. The Bertz CT molecular complexity index is 1200. The lowest BCUT2D eigenvalue weighted by Crippen LogP contribution is -2.48. The average Bonchev–Trinajstić information content (AvgIpc) is 2.78. The van der Waals surface area contributed by atoms with Crippen LogP contribution in [0.2, 0.25) is 0 Å². The average molecular weight is 457 g/mol. The largest absolute Gasteiger partial charge is 0.478 e. The molecule has 4 fully saturated rings. The highest BCUT2D eigenvalue weighted by molar-refractivity contribution is 5.95. The fourth-order valence-electron chi connectivity index (χ4n) is 7.21. The first-order valence-corrected chi connectivity index (χ1v) is 12.2. The molecule has 5 heteroatoms. The second kappa shape index (κ2) is 8.15. The Morgan fingerprint density at radius 3 is 2.00 bits per heavy atom. The molecule has 4 saturated carbocycles. The Kier molecular flexibility index (Phi) is 5.09. The van der Waals surface area contributed by atoms with Gasteiger partial charge in [0.1, 0.15) is 5.82 Å². The topological polar surface area (TPSA) is 61.4 Å². The fraction of sp³-hybridized carbons (Fsp3) is 0.345. The van der Waals surface area contributed by atoms with Gasteiger partial charge in [0.15, 0.2) is 0 Å². The fourth-order valence-corrected chi connectivity index (χ4v) is 7.21. The highest BCUT2D eigenvalue weighted by Crippen LogP contribution is 2.60. The van der Waals surface area contributed by atoms with Crippen molar-refractivity contribution in [1.29, 1.82) is 0 Å². The van der Waals surface area contributed by atoms with E-state index in [4.69, 9.17) is 0 Å². The molecule has 0 saturated heterocycles. The predicted octanol–water partition coefficient (Wildman–Crippen LogP) is 7.48. The van der Waals surface area contributed by atoms with Crippen LogP contribution < -0.4 is 10.6 Å². The van der Waals surface area contributed by atoms with Crippen molar-refractivity contribution in [3.63, 3.8) is 0 Å². The number of para-hydroxylation sites is 1. The van der Waals surface area contributed by atoms with Crippen LogP contribution in [0.15, 0.2) is 66.7 Å². The molecule has 3 aromatic carbocycles. The van der Waals surface area contributed by atoms with E-state index in [1.54, 1.807) is 24.3 Å². The molecule has 0 aliphatic heterocycles. The third kappa shape index (κ3) is 3.93. The van der Waals surface area contributed by atoms with Crippen LogP contribution in [-0.4, -0.2) is 11.1 Å². The minimum absolute atomic E-state index is 0.140. The van der Waals surface area contributed by atoms with Crippen LogP contribution in [0.1, 0.15) is 54.4 Å². The molecule has 0 spiro atoms. The number of carboxylic acids is 1. The third-order valence-corrected chi connectivity index (χ3v) is 8.16. The van der Waals surface area contributed by atoms with Crippen molar-refractivity contribution in [1.82, 2.24) is 0 Å². The number of hydrogen-bond donors (Lipinski definition) is 3. The number of aromatic carboxylic acids is 1. The molecule has 174 valence electrons. The van der Waals surface area contributed by atoms with Crippen molar-refractivity contribution in [3.05, 3.63) is 83.7 Å². The summed E-state index contributed by atoms with van der Waals surface area (Å²) in [5, 5.41) is 15.8. The summed E-state index contributed by atoms with van der Waals surface area (Å²) in [4.78, 5) is 11.5. The lowest BCUT2D eigenvalue weighted by Gasteiger charge is -2.57. The summed E-state index contributed by atoms with van der Waals surface area (Å²) in [6.45, 7) is 0. The Hall–Kier alpha value is -3.34. The zero-order valence-corrected chi connectivity index (χ0v) is 19.1. The highest BCUT2D eigenvalue weighted by Gasteiger charge is 2.51. The van der Waals surface area contributed by atoms with Crippen LogP contribution in [0, 0.1) is 23.6 Å². The molecule has 4 nitrogen and oxygen atoms in total. The van der Waals surface area contributed by atoms with E-state index in [0.29, 0.717) is 22.5 Å². The van der Waals surface area contributed by atoms with E-state index in [9.17, 15) is 14.3 Å². The number of carboxylic acid groups (broad SMARTS) is 1. The van der Waals surface area contributed by atoms with E-state index in [1.807, 2.05) is 0 Å². The van der Waals surface area contributed by atoms with Gasteiger partial charge in [-0.3, -0.25) is 0 Å². The van der Waals surface area contributed by atoms with Gasteiger partial charge in [-0.05, 0) is 110 Å². The van der Waals surface area contributed by atoms with Gasteiger partial charge in [0.05, 0.1) is 11.3 Å². The van der Waals surface area contributed by atoms with Crippen LogP contribution in [0.5, 0.6) is 0 Å². The number of anilines is 4. The molecule has 3 aromatic rings. The minimum atomic E-state index is -1.03. The summed E-state index contributed by atoms with van der Waals surface area (Å²) >= 11 is 0. The summed E-state index contributed by atoms with van der Waals surface area (Å²) in [6, 6.07) is 19.9. The van der Waals surface area contributed by atoms with Gasteiger partial charge in [0.2, 0.25) is 0 Å². The van der Waals surface area contributed by atoms with Gasteiger partial charge in [0.25, 0.3) is 0 Å². The summed E-state index contributed by atoms with van der Waals surface area (Å²) in [7, 11) is 0. The number of halogens is 1. The van der Waals surface area contributed by atoms with E-state index in [1.165, 1.54) is 62.3 Å². The van der Waals surface area contributed by atoms with Gasteiger partial charge < -0.3 is 15.7 Å². The van der Waals surface area contributed by atoms with E-state index in [0.717, 1.165) is 23.4 Å². The maximum Gasteiger partial charge on any atom is 0.337 e. The Balaban J connectivity index is 1.21. The van der Waals surface area contributed by atoms with Crippen molar-refractivity contribution in [2.45, 2.75) is 43.9 Å². The predicted molar refractivity (Wildman–Crippen MR) is 133 cm³/mol. The molecule has 0 unspecified atom stereocenters. The van der Waals surface area contributed by atoms with E-state index in [-0.39, 0.29) is 5.56 Å². The van der Waals surface area contributed by atoms with Crippen molar-refractivity contribution >= 4 is 28.7 Å². The van der Waals surface area contributed by atoms with Crippen LogP contribution in [0.25, 0.3) is 0 Å². The van der Waals surface area contributed by atoms with Gasteiger partial charge in [-0.25, -0.2) is 9.18 Å². The number of hydrogen-bond acceptors (Lipinski definition) is 3. The molecule has 34 heavy (non-hydrogen) atoms. The van der Waals surface area contributed by atoms with Crippen molar-refractivity contribution in [3.8, 4) is 0 Å². The molecule has 0 aromatic heterocycles. The SMILES string of the molecule is O=C(O)c1ccccc1Nc1cc(F)cc(Nc2ccc(C34CC5CC(CC(C5)C3)C4)cc2)c1. The molecule has 0 heterocycles. The van der Waals surface area contributed by atoms with Crippen LogP contribution in [0.4, 0.5) is 27.1 Å². The van der Waals surface area contributed by atoms with Crippen LogP contribution >= 0.6 is 0 Å². The number of nitrogens with one attached hydrogen (secondary N) is 2. The number of carbonyl (C=O) groups is 1. The third-order valence-electron chi connectivity index (χ3n) is 8.16. The van der Waals surface area contributed by atoms with Crippen molar-refractivity contribution in [2.75, 3.05) is 10.6 Å². The maximum atomic E-state index is 14.4. The van der Waals surface area contributed by atoms with E-state index < -0.39 is 11.8 Å². The van der Waals surface area contributed by atoms with Crippen molar-refractivity contribution in [2.24, 2.45) is 17.8 Å². The molecule has 4 aliphatic carbocycles. The molecule has 4 aliphatic rings. The summed E-state index contributed by atoms with van der Waals surface area (Å²) in [5.74, 6) is 1.30. The van der Waals surface area contributed by atoms with Gasteiger partial charge in [0, 0.05) is 17.1 Å². The van der Waals surface area contributed by atoms with Crippen LogP contribution in [0.3, 0.4) is 0 Å². The molecular weight excluding hydrogens is 427 g/mol. The summed E-state index contributed by atoms with van der Waals surface area (Å²) in [6.07, 6.45) is 8.32. The quantitative estimate of drug-likeness (QED) is 0.360. The second-order valence-electron chi connectivity index (χ2n) is 10.6. The van der Waals surface area contributed by atoms with E-state index in [2.05, 4.69) is 34.9 Å². The summed E-state index contributed by atoms with van der Waals surface area (Å²) in [5.41, 5.74) is 4.40. The first kappa shape index (κ1) is 21.2. The molecule has 0 atom stereocenters. The molecular formula is C29H29FN2O2. The Labute approximate surface area is 199 Å². The van der Waals surface area contributed by atoms with Gasteiger partial charge in [-0.2, -0.15) is 0 Å². The first-order chi connectivity index (χ1) is 16.5. The zero-order valence-electron chi connectivity index (χ0n) is 19.1. The van der Waals surface area contributed by atoms with Gasteiger partial charge in [-0.15, -0.1) is 0 Å². The molecule has 0 radical (unpaired) electrons. The van der Waals surface area contributed by atoms with Gasteiger partial charge in [-0.1, -0.05) is 24.3 Å². The maximum absolute atomic E-state index is 14.4. The molecule has 3 N–H and O–H groups in total.